The van der Waals surface area contributed by atoms with Crippen LogP contribution in [0.5, 0.6) is 0 Å². The minimum Gasteiger partial charge on any atom is -0.480 e. The van der Waals surface area contributed by atoms with Crippen molar-refractivity contribution in [1.82, 2.24) is 0 Å². The van der Waals surface area contributed by atoms with Crippen molar-refractivity contribution >= 4 is 17.7 Å². The molecule has 0 radical (unpaired) electrons. The quantitative estimate of drug-likeness (QED) is 0.797. The number of hydrogen-bond acceptors (Lipinski definition) is 3. The van der Waals surface area contributed by atoms with E-state index in [0.29, 0.717) is 5.25 Å². The summed E-state index contributed by atoms with van der Waals surface area (Å²) in [5, 5.41) is 9.57. The fourth-order valence-corrected chi connectivity index (χ4v) is 4.07. The number of carboxylic acid groups (broad SMARTS) is 1. The highest BCUT2D eigenvalue weighted by Crippen LogP contribution is 2.40. The smallest absolute Gasteiger partial charge is 0.321 e. The number of hydrogen-bond donors (Lipinski definition) is 2. The van der Waals surface area contributed by atoms with E-state index in [1.165, 1.54) is 32.1 Å². The minimum absolute atomic E-state index is 0.379. The molecule has 0 aromatic carbocycles. The average Bonchev–Trinajstić information content (AvgIpc) is 2.28. The molecule has 1 aliphatic rings. The van der Waals surface area contributed by atoms with Gasteiger partial charge in [0, 0.05) is 10.00 Å². The number of carbonyl (C=O) groups is 1. The molecule has 3 nitrogen and oxygen atoms in total. The number of thioether (sulfide) groups is 1. The van der Waals surface area contributed by atoms with Gasteiger partial charge in [-0.05, 0) is 45.4 Å². The molecule has 1 rings (SSSR count). The van der Waals surface area contributed by atoms with E-state index in [-0.39, 0.29) is 4.75 Å². The Morgan fingerprint density at radius 1 is 1.41 bits per heavy atom. The van der Waals surface area contributed by atoms with Crippen LogP contribution in [0.25, 0.3) is 0 Å². The molecular formula is C13H25NO2S. The zero-order valence-electron chi connectivity index (χ0n) is 11.1. The van der Waals surface area contributed by atoms with Crippen LogP contribution < -0.4 is 5.73 Å². The zero-order valence-corrected chi connectivity index (χ0v) is 11.9. The molecule has 0 aromatic rings. The second-order valence-electron chi connectivity index (χ2n) is 5.59. The van der Waals surface area contributed by atoms with E-state index in [1.807, 2.05) is 13.8 Å². The van der Waals surface area contributed by atoms with E-state index in [2.05, 4.69) is 6.92 Å². The molecule has 0 bridgehead atoms. The van der Waals surface area contributed by atoms with E-state index in [9.17, 15) is 4.79 Å². The predicted molar refractivity (Wildman–Crippen MR) is 73.3 cm³/mol. The first kappa shape index (κ1) is 14.8. The molecule has 4 heteroatoms. The van der Waals surface area contributed by atoms with Gasteiger partial charge >= 0.3 is 5.97 Å². The molecule has 0 saturated heterocycles. The van der Waals surface area contributed by atoms with Gasteiger partial charge in [0.2, 0.25) is 0 Å². The Labute approximate surface area is 109 Å². The number of carboxylic acids is 1. The van der Waals surface area contributed by atoms with E-state index in [0.717, 1.165) is 5.92 Å². The highest BCUT2D eigenvalue weighted by molar-refractivity contribution is 8.01. The molecule has 0 unspecified atom stereocenters. The van der Waals surface area contributed by atoms with Crippen LogP contribution in [0.15, 0.2) is 0 Å². The maximum Gasteiger partial charge on any atom is 0.321 e. The van der Waals surface area contributed by atoms with Gasteiger partial charge in [0.05, 0.1) is 0 Å². The summed E-state index contributed by atoms with van der Waals surface area (Å²) in [5.74, 6) is -0.0205. The van der Waals surface area contributed by atoms with Crippen molar-refractivity contribution in [2.24, 2.45) is 11.7 Å². The van der Waals surface area contributed by atoms with E-state index in [1.54, 1.807) is 11.8 Å². The highest BCUT2D eigenvalue weighted by atomic mass is 32.2. The van der Waals surface area contributed by atoms with Crippen LogP contribution in [0, 0.1) is 5.92 Å². The fourth-order valence-electron chi connectivity index (χ4n) is 2.46. The Kier molecular flexibility index (Phi) is 5.32. The van der Waals surface area contributed by atoms with Crippen LogP contribution in [0.2, 0.25) is 0 Å². The van der Waals surface area contributed by atoms with Crippen LogP contribution in [-0.2, 0) is 4.79 Å². The summed E-state index contributed by atoms with van der Waals surface area (Å²) < 4.78 is -0.379. The number of nitrogens with two attached hydrogens (primary N) is 1. The van der Waals surface area contributed by atoms with E-state index >= 15 is 0 Å². The lowest BCUT2D eigenvalue weighted by Gasteiger charge is -2.35. The summed E-state index contributed by atoms with van der Waals surface area (Å²) >= 11 is 1.77. The van der Waals surface area contributed by atoms with Gasteiger partial charge < -0.3 is 10.8 Å². The van der Waals surface area contributed by atoms with Gasteiger partial charge in [-0.15, -0.1) is 0 Å². The van der Waals surface area contributed by atoms with Crippen LogP contribution >= 0.6 is 11.8 Å². The molecule has 0 aliphatic heterocycles. The SMILES string of the molecule is CCC1CCC(SC(C)(C)[C@@H](N)C(=O)O)CC1. The van der Waals surface area contributed by atoms with E-state index in [4.69, 9.17) is 10.8 Å². The molecule has 0 aromatic heterocycles. The molecule has 1 aliphatic carbocycles. The van der Waals surface area contributed by atoms with Gasteiger partial charge in [-0.3, -0.25) is 4.79 Å². The first-order valence-corrected chi connectivity index (χ1v) is 7.41. The summed E-state index contributed by atoms with van der Waals surface area (Å²) in [5.41, 5.74) is 5.74. The fraction of sp³-hybridized carbons (Fsp3) is 0.923. The van der Waals surface area contributed by atoms with Gasteiger partial charge in [-0.2, -0.15) is 11.8 Å². The first-order valence-electron chi connectivity index (χ1n) is 6.53. The second kappa shape index (κ2) is 6.10. The molecule has 0 spiro atoms. The number of aliphatic carboxylic acids is 1. The van der Waals surface area contributed by atoms with Crippen molar-refractivity contribution in [3.05, 3.63) is 0 Å². The van der Waals surface area contributed by atoms with Gasteiger partial charge in [0.15, 0.2) is 0 Å². The molecule has 1 fully saturated rings. The van der Waals surface area contributed by atoms with Gasteiger partial charge in [0.1, 0.15) is 6.04 Å². The Hall–Kier alpha value is -0.220. The van der Waals surface area contributed by atoms with Crippen LogP contribution in [0.3, 0.4) is 0 Å². The third-order valence-electron chi connectivity index (χ3n) is 3.86. The predicted octanol–water partition coefficient (Wildman–Crippen LogP) is 2.88. The molecule has 1 atom stereocenters. The molecule has 3 N–H and O–H groups in total. The van der Waals surface area contributed by atoms with Crippen LogP contribution in [-0.4, -0.2) is 27.1 Å². The third kappa shape index (κ3) is 4.18. The normalized spacial score (nSPS) is 27.8. The van der Waals surface area contributed by atoms with Gasteiger partial charge in [-0.1, -0.05) is 13.3 Å². The summed E-state index contributed by atoms with van der Waals surface area (Å²) in [4.78, 5) is 10.9. The maximum atomic E-state index is 10.9. The Bertz CT molecular complexity index is 260. The van der Waals surface area contributed by atoms with E-state index < -0.39 is 12.0 Å². The van der Waals surface area contributed by atoms with Crippen molar-refractivity contribution in [3.8, 4) is 0 Å². The van der Waals surface area contributed by atoms with Crippen molar-refractivity contribution in [3.63, 3.8) is 0 Å². The molecule has 17 heavy (non-hydrogen) atoms. The lowest BCUT2D eigenvalue weighted by molar-refractivity contribution is -0.139. The molecule has 0 heterocycles. The highest BCUT2D eigenvalue weighted by Gasteiger charge is 2.35. The lowest BCUT2D eigenvalue weighted by atomic mass is 9.87. The summed E-state index contributed by atoms with van der Waals surface area (Å²) in [6.07, 6.45) is 6.26. The number of rotatable bonds is 5. The van der Waals surface area contributed by atoms with Crippen molar-refractivity contribution in [2.45, 2.75) is 68.9 Å². The molecule has 1 saturated carbocycles. The summed E-state index contributed by atoms with van der Waals surface area (Å²) in [6.45, 7) is 6.15. The van der Waals surface area contributed by atoms with Crippen molar-refractivity contribution < 1.29 is 9.90 Å². The first-order chi connectivity index (χ1) is 7.86. The largest absolute Gasteiger partial charge is 0.480 e. The van der Waals surface area contributed by atoms with Crippen molar-refractivity contribution in [1.29, 1.82) is 0 Å². The monoisotopic (exact) mass is 259 g/mol. The minimum atomic E-state index is -0.898. The lowest BCUT2D eigenvalue weighted by Crippen LogP contribution is -2.47. The Balaban J connectivity index is 2.46. The summed E-state index contributed by atoms with van der Waals surface area (Å²) in [7, 11) is 0. The van der Waals surface area contributed by atoms with Crippen molar-refractivity contribution in [2.75, 3.05) is 0 Å². The molecule has 100 valence electrons. The Morgan fingerprint density at radius 2 is 1.94 bits per heavy atom. The maximum absolute atomic E-state index is 10.9. The second-order valence-corrected chi connectivity index (χ2v) is 7.54. The zero-order chi connectivity index (χ0) is 13.1. The third-order valence-corrected chi connectivity index (χ3v) is 5.52. The van der Waals surface area contributed by atoms with Gasteiger partial charge in [-0.25, -0.2) is 0 Å². The summed E-state index contributed by atoms with van der Waals surface area (Å²) in [6, 6.07) is -0.781. The molecular weight excluding hydrogens is 234 g/mol. The van der Waals surface area contributed by atoms with Crippen LogP contribution in [0.1, 0.15) is 52.9 Å². The Morgan fingerprint density at radius 3 is 2.35 bits per heavy atom. The standard InChI is InChI=1S/C13H25NO2S/c1-4-9-5-7-10(8-6-9)17-13(2,3)11(14)12(15)16/h9-11H,4-8,14H2,1-3H3,(H,15,16)/t9?,10?,11-/m0/s1. The topological polar surface area (TPSA) is 63.3 Å². The average molecular weight is 259 g/mol. The molecule has 0 amide bonds. The van der Waals surface area contributed by atoms with Gasteiger partial charge in [0.25, 0.3) is 0 Å². The van der Waals surface area contributed by atoms with Crippen LogP contribution in [0.4, 0.5) is 0 Å².